The van der Waals surface area contributed by atoms with Gasteiger partial charge in [-0.2, -0.15) is 5.26 Å². The standard InChI is InChI=1S/C11H15N3O2/c1-11(6-15,7-16)14-9-4-2-3-8(5-12)10(9)13/h2-4,14-16H,6-7,13H2,1H3. The minimum absolute atomic E-state index is 0.236. The summed E-state index contributed by atoms with van der Waals surface area (Å²) in [6.07, 6.45) is 0. The van der Waals surface area contributed by atoms with Crippen molar-refractivity contribution in [2.24, 2.45) is 0 Å². The highest BCUT2D eigenvalue weighted by Crippen LogP contribution is 2.25. The molecule has 0 spiro atoms. The molecule has 0 amide bonds. The largest absolute Gasteiger partial charge is 0.396 e. The number of anilines is 2. The smallest absolute Gasteiger partial charge is 0.101 e. The molecule has 16 heavy (non-hydrogen) atoms. The Labute approximate surface area is 94.1 Å². The molecule has 0 saturated carbocycles. The third-order valence-corrected chi connectivity index (χ3v) is 2.36. The molecule has 0 aliphatic rings. The van der Waals surface area contributed by atoms with Crippen LogP contribution in [-0.2, 0) is 0 Å². The van der Waals surface area contributed by atoms with Crippen LogP contribution in [0.1, 0.15) is 12.5 Å². The Bertz CT molecular complexity index is 408. The summed E-state index contributed by atoms with van der Waals surface area (Å²) in [7, 11) is 0. The van der Waals surface area contributed by atoms with Gasteiger partial charge in [-0.25, -0.2) is 0 Å². The first-order valence-electron chi connectivity index (χ1n) is 4.85. The summed E-state index contributed by atoms with van der Waals surface area (Å²) >= 11 is 0. The molecule has 0 saturated heterocycles. The van der Waals surface area contributed by atoms with Crippen LogP contribution >= 0.6 is 0 Å². The van der Waals surface area contributed by atoms with E-state index in [-0.39, 0.29) is 13.2 Å². The number of rotatable bonds is 4. The van der Waals surface area contributed by atoms with Gasteiger partial charge in [-0.1, -0.05) is 6.07 Å². The fourth-order valence-corrected chi connectivity index (χ4v) is 1.23. The number of hydrogen-bond donors (Lipinski definition) is 4. The van der Waals surface area contributed by atoms with Gasteiger partial charge in [0.2, 0.25) is 0 Å². The van der Waals surface area contributed by atoms with Crippen molar-refractivity contribution in [3.05, 3.63) is 23.8 Å². The molecular formula is C11H15N3O2. The van der Waals surface area contributed by atoms with Crippen LogP contribution < -0.4 is 11.1 Å². The highest BCUT2D eigenvalue weighted by molar-refractivity contribution is 5.73. The molecule has 86 valence electrons. The molecule has 0 unspecified atom stereocenters. The summed E-state index contributed by atoms with van der Waals surface area (Å²) in [5.74, 6) is 0. The van der Waals surface area contributed by atoms with E-state index >= 15 is 0 Å². The second-order valence-corrected chi connectivity index (χ2v) is 3.88. The third-order valence-electron chi connectivity index (χ3n) is 2.36. The Morgan fingerprint density at radius 2 is 2.06 bits per heavy atom. The van der Waals surface area contributed by atoms with Crippen molar-refractivity contribution in [1.29, 1.82) is 5.26 Å². The van der Waals surface area contributed by atoms with Crippen LogP contribution in [0.5, 0.6) is 0 Å². The van der Waals surface area contributed by atoms with Crippen molar-refractivity contribution in [2.75, 3.05) is 24.3 Å². The maximum atomic E-state index is 9.14. The van der Waals surface area contributed by atoms with Gasteiger partial charge < -0.3 is 21.3 Å². The van der Waals surface area contributed by atoms with Gasteiger partial charge in [0.05, 0.1) is 35.7 Å². The quantitative estimate of drug-likeness (QED) is 0.547. The molecule has 0 fully saturated rings. The van der Waals surface area contributed by atoms with Crippen molar-refractivity contribution >= 4 is 11.4 Å². The Balaban J connectivity index is 3.03. The fourth-order valence-electron chi connectivity index (χ4n) is 1.23. The average molecular weight is 221 g/mol. The molecule has 0 radical (unpaired) electrons. The second-order valence-electron chi connectivity index (χ2n) is 3.88. The molecule has 1 aromatic rings. The molecule has 5 N–H and O–H groups in total. The van der Waals surface area contributed by atoms with Crippen LogP contribution in [0.4, 0.5) is 11.4 Å². The predicted molar refractivity (Wildman–Crippen MR) is 61.8 cm³/mol. The van der Waals surface area contributed by atoms with E-state index < -0.39 is 5.54 Å². The minimum atomic E-state index is -0.859. The number of nitrogens with zero attached hydrogens (tertiary/aromatic N) is 1. The van der Waals surface area contributed by atoms with Gasteiger partial charge >= 0.3 is 0 Å². The van der Waals surface area contributed by atoms with E-state index in [9.17, 15) is 0 Å². The number of aliphatic hydroxyl groups excluding tert-OH is 2. The zero-order chi connectivity index (χ0) is 12.2. The summed E-state index contributed by atoms with van der Waals surface area (Å²) in [6.45, 7) is 1.19. The molecule has 1 aromatic carbocycles. The zero-order valence-electron chi connectivity index (χ0n) is 9.07. The number of nitrogen functional groups attached to an aromatic ring is 1. The van der Waals surface area contributed by atoms with Crippen molar-refractivity contribution in [1.82, 2.24) is 0 Å². The fraction of sp³-hybridized carbons (Fsp3) is 0.364. The van der Waals surface area contributed by atoms with Crippen LogP contribution in [0.2, 0.25) is 0 Å². The molecule has 5 nitrogen and oxygen atoms in total. The van der Waals surface area contributed by atoms with Gasteiger partial charge in [-0.15, -0.1) is 0 Å². The van der Waals surface area contributed by atoms with Gasteiger partial charge in [0, 0.05) is 0 Å². The summed E-state index contributed by atoms with van der Waals surface area (Å²) in [5, 5.41) is 30.0. The van der Waals surface area contributed by atoms with Gasteiger partial charge in [0.25, 0.3) is 0 Å². The van der Waals surface area contributed by atoms with Crippen molar-refractivity contribution < 1.29 is 10.2 Å². The Kier molecular flexibility index (Phi) is 3.72. The van der Waals surface area contributed by atoms with Crippen LogP contribution in [0.15, 0.2) is 18.2 Å². The molecule has 0 heterocycles. The van der Waals surface area contributed by atoms with Crippen LogP contribution in [0.3, 0.4) is 0 Å². The number of nitrogens with two attached hydrogens (primary N) is 1. The van der Waals surface area contributed by atoms with E-state index in [1.54, 1.807) is 25.1 Å². The van der Waals surface area contributed by atoms with Gasteiger partial charge in [0.1, 0.15) is 6.07 Å². The molecule has 1 rings (SSSR count). The van der Waals surface area contributed by atoms with Crippen molar-refractivity contribution in [2.45, 2.75) is 12.5 Å². The molecule has 5 heteroatoms. The predicted octanol–water partition coefficient (Wildman–Crippen LogP) is 0.296. The Morgan fingerprint density at radius 3 is 2.56 bits per heavy atom. The number of aliphatic hydroxyl groups is 2. The summed E-state index contributed by atoms with van der Waals surface area (Å²) in [5.41, 5.74) is 6.12. The first-order chi connectivity index (χ1) is 7.56. The molecule has 0 aliphatic heterocycles. The van der Waals surface area contributed by atoms with E-state index in [0.717, 1.165) is 0 Å². The van der Waals surface area contributed by atoms with Crippen LogP contribution in [-0.4, -0.2) is 29.0 Å². The topological polar surface area (TPSA) is 102 Å². The van der Waals surface area contributed by atoms with Crippen LogP contribution in [0, 0.1) is 11.3 Å². The average Bonchev–Trinajstić information content (AvgIpc) is 2.32. The van der Waals surface area contributed by atoms with Crippen molar-refractivity contribution in [3.63, 3.8) is 0 Å². The van der Waals surface area contributed by atoms with E-state index in [1.807, 2.05) is 6.07 Å². The minimum Gasteiger partial charge on any atom is -0.396 e. The highest BCUT2D eigenvalue weighted by atomic mass is 16.3. The molecule has 0 aliphatic carbocycles. The van der Waals surface area contributed by atoms with E-state index in [1.165, 1.54) is 0 Å². The van der Waals surface area contributed by atoms with Gasteiger partial charge in [-0.05, 0) is 19.1 Å². The number of hydrogen-bond acceptors (Lipinski definition) is 5. The van der Waals surface area contributed by atoms with Gasteiger partial charge in [0.15, 0.2) is 0 Å². The normalized spacial score (nSPS) is 10.9. The van der Waals surface area contributed by atoms with Crippen molar-refractivity contribution in [3.8, 4) is 6.07 Å². The number of nitrogens with one attached hydrogen (secondary N) is 1. The molecule has 0 atom stereocenters. The lowest BCUT2D eigenvalue weighted by molar-refractivity contribution is 0.147. The third kappa shape index (κ3) is 2.42. The van der Waals surface area contributed by atoms with E-state index in [4.69, 9.17) is 21.2 Å². The summed E-state index contributed by atoms with van der Waals surface area (Å²) < 4.78 is 0. The second kappa shape index (κ2) is 4.84. The number of para-hydroxylation sites is 1. The summed E-state index contributed by atoms with van der Waals surface area (Å²) in [6, 6.07) is 6.96. The van der Waals surface area contributed by atoms with Crippen LogP contribution in [0.25, 0.3) is 0 Å². The number of benzene rings is 1. The lowest BCUT2D eigenvalue weighted by Crippen LogP contribution is -2.42. The Hall–Kier alpha value is -1.77. The lowest BCUT2D eigenvalue weighted by atomic mass is 10.0. The first kappa shape index (κ1) is 12.3. The first-order valence-corrected chi connectivity index (χ1v) is 4.85. The lowest BCUT2D eigenvalue weighted by Gasteiger charge is -2.28. The molecule has 0 bridgehead atoms. The summed E-state index contributed by atoms with van der Waals surface area (Å²) in [4.78, 5) is 0. The monoisotopic (exact) mass is 221 g/mol. The van der Waals surface area contributed by atoms with Gasteiger partial charge in [-0.3, -0.25) is 0 Å². The highest BCUT2D eigenvalue weighted by Gasteiger charge is 2.23. The maximum Gasteiger partial charge on any atom is 0.101 e. The van der Waals surface area contributed by atoms with E-state index in [0.29, 0.717) is 16.9 Å². The SMILES string of the molecule is CC(CO)(CO)Nc1cccc(C#N)c1N. The van der Waals surface area contributed by atoms with E-state index in [2.05, 4.69) is 5.32 Å². The Morgan fingerprint density at radius 1 is 1.44 bits per heavy atom. The zero-order valence-corrected chi connectivity index (χ0v) is 9.07. The molecular weight excluding hydrogens is 206 g/mol. The maximum absolute atomic E-state index is 9.14. The number of nitriles is 1. The molecule has 0 aromatic heterocycles.